The molecule has 0 saturated heterocycles. The molecular weight excluding hydrogens is 184 g/mol. The average molecular weight is 194 g/mol. The van der Waals surface area contributed by atoms with Gasteiger partial charge >= 0.3 is 0 Å². The van der Waals surface area contributed by atoms with Gasteiger partial charge in [0.1, 0.15) is 0 Å². The van der Waals surface area contributed by atoms with Crippen molar-refractivity contribution in [1.29, 1.82) is 0 Å². The highest BCUT2D eigenvalue weighted by molar-refractivity contribution is 7.10. The Morgan fingerprint density at radius 2 is 2.23 bits per heavy atom. The van der Waals surface area contributed by atoms with Gasteiger partial charge in [0.2, 0.25) is 0 Å². The van der Waals surface area contributed by atoms with Crippen LogP contribution in [-0.2, 0) is 15.1 Å². The molecule has 0 atom stereocenters. The Hall–Kier alpha value is -1.09. The number of thiophene rings is 1. The fraction of sp³-hybridized carbons (Fsp3) is 0.300. The van der Waals surface area contributed by atoms with Crippen LogP contribution in [0.2, 0.25) is 0 Å². The number of rotatable bonds is 3. The van der Waals surface area contributed by atoms with Crippen LogP contribution in [0.4, 0.5) is 0 Å². The summed E-state index contributed by atoms with van der Waals surface area (Å²) >= 11 is 1.64. The maximum atomic E-state index is 10.4. The molecule has 2 rings (SSSR count). The van der Waals surface area contributed by atoms with Crippen molar-refractivity contribution in [3.05, 3.63) is 34.5 Å². The summed E-state index contributed by atoms with van der Waals surface area (Å²) in [5, 5.41) is 2.00. The maximum Gasteiger partial charge on any atom is 0.294 e. The van der Waals surface area contributed by atoms with Crippen molar-refractivity contribution in [3.63, 3.8) is 0 Å². The lowest BCUT2D eigenvalue weighted by atomic mass is 9.99. The van der Waals surface area contributed by atoms with Gasteiger partial charge in [0.05, 0.1) is 0 Å². The van der Waals surface area contributed by atoms with Crippen LogP contribution in [0.25, 0.3) is 0 Å². The van der Waals surface area contributed by atoms with Crippen LogP contribution in [0.3, 0.4) is 0 Å². The Labute approximate surface area is 80.8 Å². The van der Waals surface area contributed by atoms with Crippen LogP contribution in [0.5, 0.6) is 0 Å². The molecule has 0 spiro atoms. The molecule has 0 bridgehead atoms. The van der Waals surface area contributed by atoms with Gasteiger partial charge in [-0.05, 0) is 11.4 Å². The molecule has 1 aromatic rings. The van der Waals surface area contributed by atoms with E-state index in [0.717, 1.165) is 17.7 Å². The number of ether oxygens (including phenoxy) is 1. The number of carbonyl (C=O) groups excluding carboxylic acids is 1. The molecule has 0 fully saturated rings. The molecular formula is C10H10O2S. The molecule has 0 aliphatic heterocycles. The van der Waals surface area contributed by atoms with Crippen LogP contribution >= 0.6 is 11.3 Å². The summed E-state index contributed by atoms with van der Waals surface area (Å²) < 4.78 is 5.20. The summed E-state index contributed by atoms with van der Waals surface area (Å²) in [6.07, 6.45) is 5.71. The SMILES string of the molecule is O=COC1(c2cccs2)CC=CC1. The monoisotopic (exact) mass is 194 g/mol. The van der Waals surface area contributed by atoms with Crippen LogP contribution in [0.1, 0.15) is 17.7 Å². The molecule has 13 heavy (non-hydrogen) atoms. The van der Waals surface area contributed by atoms with Gasteiger partial charge in [0.25, 0.3) is 6.47 Å². The summed E-state index contributed by atoms with van der Waals surface area (Å²) in [6, 6.07) is 4.00. The molecule has 0 saturated carbocycles. The maximum absolute atomic E-state index is 10.4. The molecule has 68 valence electrons. The Balaban J connectivity index is 2.29. The van der Waals surface area contributed by atoms with E-state index < -0.39 is 5.60 Å². The molecule has 1 aliphatic carbocycles. The first kappa shape index (κ1) is 8.51. The zero-order valence-corrected chi connectivity index (χ0v) is 7.92. The topological polar surface area (TPSA) is 26.3 Å². The highest BCUT2D eigenvalue weighted by Crippen LogP contribution is 2.39. The second-order valence-electron chi connectivity index (χ2n) is 3.07. The Morgan fingerprint density at radius 3 is 2.77 bits per heavy atom. The third kappa shape index (κ3) is 1.40. The van der Waals surface area contributed by atoms with E-state index in [0.29, 0.717) is 6.47 Å². The third-order valence-electron chi connectivity index (χ3n) is 2.31. The van der Waals surface area contributed by atoms with Crippen molar-refractivity contribution in [2.24, 2.45) is 0 Å². The standard InChI is InChI=1S/C10H10O2S/c11-8-12-10(5-1-2-6-10)9-4-3-7-13-9/h1-4,7-8H,5-6H2. The molecule has 1 aliphatic rings. The van der Waals surface area contributed by atoms with Crippen molar-refractivity contribution < 1.29 is 9.53 Å². The molecule has 0 aromatic carbocycles. The van der Waals surface area contributed by atoms with Crippen molar-refractivity contribution in [1.82, 2.24) is 0 Å². The van der Waals surface area contributed by atoms with Gasteiger partial charge in [-0.1, -0.05) is 18.2 Å². The zero-order chi connectivity index (χ0) is 9.15. The minimum Gasteiger partial charge on any atom is -0.455 e. The van der Waals surface area contributed by atoms with Crippen molar-refractivity contribution in [2.45, 2.75) is 18.4 Å². The van der Waals surface area contributed by atoms with Crippen LogP contribution < -0.4 is 0 Å². The van der Waals surface area contributed by atoms with Crippen molar-refractivity contribution >= 4 is 17.8 Å². The highest BCUT2D eigenvalue weighted by Gasteiger charge is 2.35. The van der Waals surface area contributed by atoms with Gasteiger partial charge in [0.15, 0.2) is 5.60 Å². The summed E-state index contributed by atoms with van der Waals surface area (Å²) in [7, 11) is 0. The molecule has 3 heteroatoms. The van der Waals surface area contributed by atoms with E-state index in [9.17, 15) is 4.79 Å². The van der Waals surface area contributed by atoms with Gasteiger partial charge in [-0.2, -0.15) is 0 Å². The number of carbonyl (C=O) groups is 1. The molecule has 0 N–H and O–H groups in total. The number of hydrogen-bond donors (Lipinski definition) is 0. The van der Waals surface area contributed by atoms with Gasteiger partial charge in [-0.3, -0.25) is 4.79 Å². The smallest absolute Gasteiger partial charge is 0.294 e. The number of hydrogen-bond acceptors (Lipinski definition) is 3. The van der Waals surface area contributed by atoms with Crippen LogP contribution in [0, 0.1) is 0 Å². The van der Waals surface area contributed by atoms with Crippen LogP contribution in [-0.4, -0.2) is 6.47 Å². The van der Waals surface area contributed by atoms with Gasteiger partial charge in [-0.25, -0.2) is 0 Å². The summed E-state index contributed by atoms with van der Waals surface area (Å²) in [4.78, 5) is 11.5. The molecule has 0 unspecified atom stereocenters. The Kier molecular flexibility index (Phi) is 2.19. The second kappa shape index (κ2) is 3.34. The molecule has 0 amide bonds. The quantitative estimate of drug-likeness (QED) is 0.545. The molecule has 0 radical (unpaired) electrons. The fourth-order valence-electron chi connectivity index (χ4n) is 1.62. The average Bonchev–Trinajstić information content (AvgIpc) is 2.73. The van der Waals surface area contributed by atoms with E-state index in [4.69, 9.17) is 4.74 Å². The lowest BCUT2D eigenvalue weighted by Crippen LogP contribution is -2.24. The fourth-order valence-corrected chi connectivity index (χ4v) is 2.51. The summed E-state index contributed by atoms with van der Waals surface area (Å²) in [6.45, 7) is 0.548. The molecule has 2 nitrogen and oxygen atoms in total. The Morgan fingerprint density at radius 1 is 1.46 bits per heavy atom. The minimum absolute atomic E-state index is 0.393. The Bertz CT molecular complexity index is 306. The van der Waals surface area contributed by atoms with Gasteiger partial charge in [-0.15, -0.1) is 11.3 Å². The van der Waals surface area contributed by atoms with E-state index in [2.05, 4.69) is 12.2 Å². The highest BCUT2D eigenvalue weighted by atomic mass is 32.1. The molecule has 1 aromatic heterocycles. The summed E-state index contributed by atoms with van der Waals surface area (Å²) in [5.74, 6) is 0. The van der Waals surface area contributed by atoms with Crippen molar-refractivity contribution in [2.75, 3.05) is 0 Å². The second-order valence-corrected chi connectivity index (χ2v) is 4.01. The predicted octanol–water partition coefficient (Wildman–Crippen LogP) is 2.47. The third-order valence-corrected chi connectivity index (χ3v) is 3.36. The zero-order valence-electron chi connectivity index (χ0n) is 7.10. The summed E-state index contributed by atoms with van der Waals surface area (Å²) in [5.41, 5.74) is -0.393. The first-order chi connectivity index (χ1) is 6.37. The van der Waals surface area contributed by atoms with Gasteiger partial charge < -0.3 is 4.74 Å². The normalized spacial score (nSPS) is 18.8. The van der Waals surface area contributed by atoms with Crippen LogP contribution in [0.15, 0.2) is 29.7 Å². The van der Waals surface area contributed by atoms with E-state index in [1.165, 1.54) is 0 Å². The predicted molar refractivity (Wildman–Crippen MR) is 51.5 cm³/mol. The van der Waals surface area contributed by atoms with Crippen molar-refractivity contribution in [3.8, 4) is 0 Å². The van der Waals surface area contributed by atoms with E-state index >= 15 is 0 Å². The minimum atomic E-state index is -0.393. The van der Waals surface area contributed by atoms with Gasteiger partial charge in [0, 0.05) is 17.7 Å². The van der Waals surface area contributed by atoms with E-state index in [1.807, 2.05) is 17.5 Å². The lowest BCUT2D eigenvalue weighted by molar-refractivity contribution is -0.143. The first-order valence-corrected chi connectivity index (χ1v) is 5.06. The van der Waals surface area contributed by atoms with E-state index in [1.54, 1.807) is 11.3 Å². The lowest BCUT2D eigenvalue weighted by Gasteiger charge is -2.25. The molecule has 1 heterocycles. The van der Waals surface area contributed by atoms with E-state index in [-0.39, 0.29) is 0 Å². The first-order valence-electron chi connectivity index (χ1n) is 4.18. The largest absolute Gasteiger partial charge is 0.455 e.